The Morgan fingerprint density at radius 3 is 3.00 bits per heavy atom. The SMILES string of the molecule is Cc1cccc(C(Cc2cncs2)NN)n1. The Morgan fingerprint density at radius 1 is 1.50 bits per heavy atom. The fourth-order valence-electron chi connectivity index (χ4n) is 1.55. The van der Waals surface area contributed by atoms with Crippen molar-refractivity contribution < 1.29 is 0 Å². The minimum Gasteiger partial charge on any atom is -0.271 e. The predicted octanol–water partition coefficient (Wildman–Crippen LogP) is 1.59. The van der Waals surface area contributed by atoms with Gasteiger partial charge in [0.25, 0.3) is 0 Å². The highest BCUT2D eigenvalue weighted by Crippen LogP contribution is 2.18. The number of thiazole rings is 1. The molecule has 5 heteroatoms. The first-order chi connectivity index (χ1) is 7.79. The van der Waals surface area contributed by atoms with E-state index in [0.29, 0.717) is 0 Å². The molecule has 0 aliphatic carbocycles. The number of aromatic nitrogens is 2. The van der Waals surface area contributed by atoms with Crippen molar-refractivity contribution in [3.8, 4) is 0 Å². The summed E-state index contributed by atoms with van der Waals surface area (Å²) in [7, 11) is 0. The summed E-state index contributed by atoms with van der Waals surface area (Å²) in [5, 5.41) is 0. The highest BCUT2D eigenvalue weighted by molar-refractivity contribution is 7.09. The van der Waals surface area contributed by atoms with E-state index in [9.17, 15) is 0 Å². The van der Waals surface area contributed by atoms with Crippen molar-refractivity contribution >= 4 is 11.3 Å². The van der Waals surface area contributed by atoms with Crippen LogP contribution in [0.5, 0.6) is 0 Å². The lowest BCUT2D eigenvalue weighted by Gasteiger charge is -2.14. The van der Waals surface area contributed by atoms with Crippen LogP contribution in [0.3, 0.4) is 0 Å². The quantitative estimate of drug-likeness (QED) is 0.623. The molecule has 1 unspecified atom stereocenters. The van der Waals surface area contributed by atoms with Gasteiger partial charge in [0.15, 0.2) is 0 Å². The molecule has 0 aliphatic heterocycles. The lowest BCUT2D eigenvalue weighted by atomic mass is 10.1. The molecule has 0 saturated carbocycles. The van der Waals surface area contributed by atoms with E-state index < -0.39 is 0 Å². The lowest BCUT2D eigenvalue weighted by Crippen LogP contribution is -2.30. The molecule has 0 radical (unpaired) electrons. The van der Waals surface area contributed by atoms with Crippen LogP contribution in [0, 0.1) is 6.92 Å². The molecule has 3 N–H and O–H groups in total. The topological polar surface area (TPSA) is 63.8 Å². The van der Waals surface area contributed by atoms with Gasteiger partial charge in [-0.3, -0.25) is 21.2 Å². The molecule has 0 saturated heterocycles. The maximum absolute atomic E-state index is 5.57. The van der Waals surface area contributed by atoms with Gasteiger partial charge < -0.3 is 0 Å². The smallest absolute Gasteiger partial charge is 0.0794 e. The Balaban J connectivity index is 2.16. The normalized spacial score (nSPS) is 12.6. The highest BCUT2D eigenvalue weighted by Gasteiger charge is 2.12. The number of nitrogens with two attached hydrogens (primary N) is 1. The molecular formula is C11H14N4S. The molecule has 84 valence electrons. The van der Waals surface area contributed by atoms with Crippen LogP contribution in [0.1, 0.15) is 22.3 Å². The van der Waals surface area contributed by atoms with Gasteiger partial charge in [0.1, 0.15) is 0 Å². The monoisotopic (exact) mass is 234 g/mol. The molecule has 4 nitrogen and oxygen atoms in total. The fraction of sp³-hybridized carbons (Fsp3) is 0.273. The van der Waals surface area contributed by atoms with E-state index in [1.165, 1.54) is 4.88 Å². The van der Waals surface area contributed by atoms with Crippen LogP contribution >= 0.6 is 11.3 Å². The van der Waals surface area contributed by atoms with Crippen molar-refractivity contribution in [2.75, 3.05) is 0 Å². The van der Waals surface area contributed by atoms with E-state index >= 15 is 0 Å². The van der Waals surface area contributed by atoms with Gasteiger partial charge in [0, 0.05) is 23.2 Å². The van der Waals surface area contributed by atoms with Gasteiger partial charge in [0.2, 0.25) is 0 Å². The summed E-state index contributed by atoms with van der Waals surface area (Å²) in [6.07, 6.45) is 2.68. The lowest BCUT2D eigenvalue weighted by molar-refractivity contribution is 0.540. The molecule has 0 amide bonds. The summed E-state index contributed by atoms with van der Waals surface area (Å²) in [6.45, 7) is 1.98. The van der Waals surface area contributed by atoms with Gasteiger partial charge in [-0.25, -0.2) is 0 Å². The first-order valence-electron chi connectivity index (χ1n) is 5.06. The molecule has 0 bridgehead atoms. The van der Waals surface area contributed by atoms with Gasteiger partial charge in [-0.1, -0.05) is 6.07 Å². The van der Waals surface area contributed by atoms with Crippen molar-refractivity contribution in [3.63, 3.8) is 0 Å². The molecule has 0 spiro atoms. The van der Waals surface area contributed by atoms with Crippen LogP contribution in [-0.4, -0.2) is 9.97 Å². The molecule has 0 aromatic carbocycles. The average Bonchev–Trinajstić information content (AvgIpc) is 2.78. The second-order valence-corrected chi connectivity index (χ2v) is 4.57. The predicted molar refractivity (Wildman–Crippen MR) is 64.9 cm³/mol. The molecule has 2 heterocycles. The molecule has 2 aromatic rings. The van der Waals surface area contributed by atoms with Crippen molar-refractivity contribution in [2.45, 2.75) is 19.4 Å². The maximum atomic E-state index is 5.57. The van der Waals surface area contributed by atoms with Crippen LogP contribution in [0.4, 0.5) is 0 Å². The number of nitrogens with zero attached hydrogens (tertiary/aromatic N) is 2. The van der Waals surface area contributed by atoms with E-state index in [4.69, 9.17) is 5.84 Å². The number of hydrazine groups is 1. The maximum Gasteiger partial charge on any atom is 0.0794 e. The van der Waals surface area contributed by atoms with Gasteiger partial charge in [-0.05, 0) is 19.1 Å². The van der Waals surface area contributed by atoms with E-state index in [1.807, 2.05) is 36.8 Å². The van der Waals surface area contributed by atoms with E-state index in [-0.39, 0.29) is 6.04 Å². The van der Waals surface area contributed by atoms with E-state index in [1.54, 1.807) is 11.3 Å². The van der Waals surface area contributed by atoms with Crippen LogP contribution in [0.25, 0.3) is 0 Å². The number of nitrogens with one attached hydrogen (secondary N) is 1. The fourth-order valence-corrected chi connectivity index (χ4v) is 2.19. The second-order valence-electron chi connectivity index (χ2n) is 3.59. The third kappa shape index (κ3) is 2.63. The average molecular weight is 234 g/mol. The van der Waals surface area contributed by atoms with Crippen LogP contribution in [0.15, 0.2) is 29.9 Å². The summed E-state index contributed by atoms with van der Waals surface area (Å²) in [5.41, 5.74) is 6.60. The third-order valence-corrected chi connectivity index (χ3v) is 3.16. The van der Waals surface area contributed by atoms with E-state index in [2.05, 4.69) is 15.4 Å². The first-order valence-corrected chi connectivity index (χ1v) is 5.94. The first kappa shape index (κ1) is 11.2. The standard InChI is InChI=1S/C11H14N4S/c1-8-3-2-4-10(14-8)11(15-12)5-9-6-13-7-16-9/h2-4,6-7,11,15H,5,12H2,1H3. The van der Waals surface area contributed by atoms with Crippen molar-refractivity contribution in [2.24, 2.45) is 5.84 Å². The molecule has 2 rings (SSSR count). The minimum absolute atomic E-state index is 0.0420. The number of pyridine rings is 1. The summed E-state index contributed by atoms with van der Waals surface area (Å²) < 4.78 is 0. The van der Waals surface area contributed by atoms with Gasteiger partial charge >= 0.3 is 0 Å². The Morgan fingerprint density at radius 2 is 2.38 bits per heavy atom. The summed E-state index contributed by atoms with van der Waals surface area (Å²) in [5.74, 6) is 5.57. The molecular weight excluding hydrogens is 220 g/mol. The Bertz CT molecular complexity index is 441. The zero-order chi connectivity index (χ0) is 11.4. The second kappa shape index (κ2) is 5.16. The van der Waals surface area contributed by atoms with E-state index in [0.717, 1.165) is 17.8 Å². The zero-order valence-corrected chi connectivity index (χ0v) is 9.87. The van der Waals surface area contributed by atoms with Crippen molar-refractivity contribution in [3.05, 3.63) is 46.2 Å². The van der Waals surface area contributed by atoms with Gasteiger partial charge in [-0.15, -0.1) is 11.3 Å². The van der Waals surface area contributed by atoms with Crippen LogP contribution < -0.4 is 11.3 Å². The van der Waals surface area contributed by atoms with Crippen LogP contribution in [0.2, 0.25) is 0 Å². The molecule has 2 aromatic heterocycles. The zero-order valence-electron chi connectivity index (χ0n) is 9.05. The molecule has 0 fully saturated rings. The summed E-state index contributed by atoms with van der Waals surface area (Å²) in [6, 6.07) is 6.00. The third-order valence-electron chi connectivity index (χ3n) is 2.36. The summed E-state index contributed by atoms with van der Waals surface area (Å²) in [4.78, 5) is 9.72. The summed E-state index contributed by atoms with van der Waals surface area (Å²) >= 11 is 1.63. The number of rotatable bonds is 4. The Kier molecular flexibility index (Phi) is 3.61. The van der Waals surface area contributed by atoms with Crippen LogP contribution in [-0.2, 0) is 6.42 Å². The largest absolute Gasteiger partial charge is 0.271 e. The van der Waals surface area contributed by atoms with Gasteiger partial charge in [0.05, 0.1) is 17.2 Å². The molecule has 0 aliphatic rings. The van der Waals surface area contributed by atoms with Gasteiger partial charge in [-0.2, -0.15) is 0 Å². The minimum atomic E-state index is 0.0420. The number of hydrogen-bond acceptors (Lipinski definition) is 5. The van der Waals surface area contributed by atoms with Crippen molar-refractivity contribution in [1.29, 1.82) is 0 Å². The van der Waals surface area contributed by atoms with Crippen molar-refractivity contribution in [1.82, 2.24) is 15.4 Å². The number of aryl methyl sites for hydroxylation is 1. The highest BCUT2D eigenvalue weighted by atomic mass is 32.1. The Hall–Kier alpha value is -1.30. The molecule has 16 heavy (non-hydrogen) atoms. The Labute approximate surface area is 98.5 Å². The molecule has 1 atom stereocenters. The number of hydrogen-bond donors (Lipinski definition) is 2.